The van der Waals surface area contributed by atoms with Crippen molar-refractivity contribution in [2.45, 2.75) is 110 Å². The van der Waals surface area contributed by atoms with Gasteiger partial charge in [-0.05, 0) is 33.1 Å². The van der Waals surface area contributed by atoms with Crippen molar-refractivity contribution in [3.05, 3.63) is 0 Å². The van der Waals surface area contributed by atoms with Crippen molar-refractivity contribution >= 4 is 0 Å². The van der Waals surface area contributed by atoms with Crippen molar-refractivity contribution < 1.29 is 9.47 Å². The van der Waals surface area contributed by atoms with Crippen molar-refractivity contribution in [2.24, 2.45) is 5.92 Å². The lowest BCUT2D eigenvalue weighted by Crippen LogP contribution is -2.44. The summed E-state index contributed by atoms with van der Waals surface area (Å²) in [7, 11) is 0. The van der Waals surface area contributed by atoms with Crippen LogP contribution in [0.15, 0.2) is 0 Å². The number of hydrogen-bond donors (Lipinski definition) is 0. The number of rotatable bonds is 13. The Labute approximate surface area is 139 Å². The molecule has 2 nitrogen and oxygen atoms in total. The molecule has 2 heteroatoms. The van der Waals surface area contributed by atoms with Crippen LogP contribution in [0.2, 0.25) is 0 Å². The molecule has 0 unspecified atom stereocenters. The van der Waals surface area contributed by atoms with E-state index in [4.69, 9.17) is 9.47 Å². The first-order valence-electron chi connectivity index (χ1n) is 10.1. The van der Waals surface area contributed by atoms with E-state index in [0.29, 0.717) is 5.92 Å². The zero-order valence-corrected chi connectivity index (χ0v) is 15.5. The molecule has 1 fully saturated rings. The highest BCUT2D eigenvalue weighted by Gasteiger charge is 2.40. The van der Waals surface area contributed by atoms with Crippen LogP contribution in [0.1, 0.15) is 104 Å². The first-order valence-corrected chi connectivity index (χ1v) is 10.1. The van der Waals surface area contributed by atoms with Gasteiger partial charge in [-0.2, -0.15) is 0 Å². The summed E-state index contributed by atoms with van der Waals surface area (Å²) in [5.41, 5.74) is 0. The smallest absolute Gasteiger partial charge is 0.171 e. The molecule has 0 radical (unpaired) electrons. The fourth-order valence-corrected chi connectivity index (χ4v) is 3.99. The molecule has 0 aromatic heterocycles. The van der Waals surface area contributed by atoms with E-state index in [9.17, 15) is 0 Å². The first kappa shape index (κ1) is 20.0. The van der Waals surface area contributed by atoms with Crippen molar-refractivity contribution in [1.82, 2.24) is 0 Å². The van der Waals surface area contributed by atoms with E-state index in [1.54, 1.807) is 0 Å². The molecule has 0 N–H and O–H groups in total. The van der Waals surface area contributed by atoms with Gasteiger partial charge in [-0.15, -0.1) is 0 Å². The lowest BCUT2D eigenvalue weighted by atomic mass is 9.80. The third-order valence-electron chi connectivity index (χ3n) is 5.13. The molecular weight excluding hydrogens is 272 g/mol. The van der Waals surface area contributed by atoms with Gasteiger partial charge in [0.15, 0.2) is 5.79 Å². The van der Waals surface area contributed by atoms with Crippen molar-refractivity contribution in [3.63, 3.8) is 0 Å². The highest BCUT2D eigenvalue weighted by Crippen LogP contribution is 2.39. The van der Waals surface area contributed by atoms with E-state index in [2.05, 4.69) is 20.8 Å². The standard InChI is InChI=1S/C20H40O2/c1-4-7-8-9-10-11-15-18-20(21-5-2,22-6-3)19-16-13-12-14-17-19/h19H,4-18H2,1-3H3. The molecule has 0 saturated heterocycles. The minimum absolute atomic E-state index is 0.284. The maximum absolute atomic E-state index is 6.23. The quantitative estimate of drug-likeness (QED) is 0.286. The highest BCUT2D eigenvalue weighted by atomic mass is 16.7. The summed E-state index contributed by atoms with van der Waals surface area (Å²) < 4.78 is 12.5. The van der Waals surface area contributed by atoms with E-state index in [1.807, 2.05) is 0 Å². The predicted molar refractivity (Wildman–Crippen MR) is 95.2 cm³/mol. The van der Waals surface area contributed by atoms with Crippen LogP contribution >= 0.6 is 0 Å². The second-order valence-corrected chi connectivity index (χ2v) is 6.88. The van der Waals surface area contributed by atoms with Gasteiger partial charge in [0.05, 0.1) is 0 Å². The molecule has 0 spiro atoms. The molecule has 0 aromatic rings. The molecule has 0 bridgehead atoms. The topological polar surface area (TPSA) is 18.5 Å². The lowest BCUT2D eigenvalue weighted by molar-refractivity contribution is -0.272. The maximum atomic E-state index is 6.23. The van der Waals surface area contributed by atoms with E-state index >= 15 is 0 Å². The molecule has 0 amide bonds. The molecule has 1 rings (SSSR count). The minimum atomic E-state index is -0.284. The molecule has 1 aliphatic rings. The molecule has 0 aliphatic heterocycles. The van der Waals surface area contributed by atoms with Gasteiger partial charge in [-0.1, -0.05) is 64.7 Å². The van der Waals surface area contributed by atoms with Crippen LogP contribution in [-0.4, -0.2) is 19.0 Å². The SMILES string of the molecule is CCCCCCCCCC(OCC)(OCC)C1CCCCC1. The zero-order chi connectivity index (χ0) is 16.1. The van der Waals surface area contributed by atoms with Gasteiger partial charge in [-0.25, -0.2) is 0 Å². The Hall–Kier alpha value is -0.0800. The van der Waals surface area contributed by atoms with Crippen LogP contribution in [0.5, 0.6) is 0 Å². The Morgan fingerprint density at radius 3 is 1.82 bits per heavy atom. The second kappa shape index (κ2) is 12.4. The van der Waals surface area contributed by atoms with Gasteiger partial charge in [0.2, 0.25) is 0 Å². The lowest BCUT2D eigenvalue weighted by Gasteiger charge is -2.42. The summed E-state index contributed by atoms with van der Waals surface area (Å²) in [4.78, 5) is 0. The number of ether oxygens (including phenoxy) is 2. The summed E-state index contributed by atoms with van der Waals surface area (Å²) in [6.07, 6.45) is 17.2. The first-order chi connectivity index (χ1) is 10.8. The number of hydrogen-bond acceptors (Lipinski definition) is 2. The Morgan fingerprint density at radius 1 is 0.727 bits per heavy atom. The van der Waals surface area contributed by atoms with E-state index in [1.165, 1.54) is 77.0 Å². The van der Waals surface area contributed by atoms with Crippen LogP contribution in [0.3, 0.4) is 0 Å². The van der Waals surface area contributed by atoms with Crippen LogP contribution in [0.4, 0.5) is 0 Å². The fraction of sp³-hybridized carbons (Fsp3) is 1.00. The molecule has 22 heavy (non-hydrogen) atoms. The molecule has 0 aromatic carbocycles. The van der Waals surface area contributed by atoms with Gasteiger partial charge >= 0.3 is 0 Å². The Kier molecular flexibility index (Phi) is 11.2. The molecule has 132 valence electrons. The van der Waals surface area contributed by atoms with E-state index in [-0.39, 0.29) is 5.79 Å². The largest absolute Gasteiger partial charge is 0.350 e. The third-order valence-corrected chi connectivity index (χ3v) is 5.13. The maximum Gasteiger partial charge on any atom is 0.171 e. The van der Waals surface area contributed by atoms with Crippen LogP contribution < -0.4 is 0 Å². The van der Waals surface area contributed by atoms with Gasteiger partial charge < -0.3 is 9.47 Å². The molecule has 0 heterocycles. The summed E-state index contributed by atoms with van der Waals surface area (Å²) in [6, 6.07) is 0. The van der Waals surface area contributed by atoms with Crippen LogP contribution in [0.25, 0.3) is 0 Å². The Morgan fingerprint density at radius 2 is 1.27 bits per heavy atom. The van der Waals surface area contributed by atoms with Gasteiger partial charge in [0.1, 0.15) is 0 Å². The van der Waals surface area contributed by atoms with Gasteiger partial charge in [0.25, 0.3) is 0 Å². The molecule has 1 aliphatic carbocycles. The van der Waals surface area contributed by atoms with Crippen molar-refractivity contribution in [1.29, 1.82) is 0 Å². The average Bonchev–Trinajstić information content (AvgIpc) is 2.55. The zero-order valence-electron chi connectivity index (χ0n) is 15.5. The average molecular weight is 313 g/mol. The summed E-state index contributed by atoms with van der Waals surface area (Å²) >= 11 is 0. The molecule has 1 saturated carbocycles. The summed E-state index contributed by atoms with van der Waals surface area (Å²) in [5, 5.41) is 0. The van der Waals surface area contributed by atoms with E-state index < -0.39 is 0 Å². The number of unbranched alkanes of at least 4 members (excludes halogenated alkanes) is 6. The summed E-state index contributed by atoms with van der Waals surface area (Å²) in [5.74, 6) is 0.328. The minimum Gasteiger partial charge on any atom is -0.350 e. The normalized spacial score (nSPS) is 17.0. The molecule has 0 atom stereocenters. The molecular formula is C20H40O2. The van der Waals surface area contributed by atoms with Gasteiger partial charge in [0, 0.05) is 25.6 Å². The van der Waals surface area contributed by atoms with Gasteiger partial charge in [-0.3, -0.25) is 0 Å². The van der Waals surface area contributed by atoms with Crippen LogP contribution in [0, 0.1) is 5.92 Å². The Balaban J connectivity index is 2.42. The Bertz CT molecular complexity index is 240. The highest BCUT2D eigenvalue weighted by molar-refractivity contribution is 4.83. The summed E-state index contributed by atoms with van der Waals surface area (Å²) in [6.45, 7) is 8.05. The van der Waals surface area contributed by atoms with Crippen molar-refractivity contribution in [2.75, 3.05) is 13.2 Å². The predicted octanol–water partition coefficient (Wildman–Crippen LogP) is 6.48. The monoisotopic (exact) mass is 312 g/mol. The van der Waals surface area contributed by atoms with Crippen LogP contribution in [-0.2, 0) is 9.47 Å². The second-order valence-electron chi connectivity index (χ2n) is 6.88. The third kappa shape index (κ3) is 7.00. The van der Waals surface area contributed by atoms with Crippen molar-refractivity contribution in [3.8, 4) is 0 Å². The van der Waals surface area contributed by atoms with E-state index in [0.717, 1.165) is 19.6 Å². The fourth-order valence-electron chi connectivity index (χ4n) is 3.99.